The number of hydrogen-bond acceptors (Lipinski definition) is 3. The highest BCUT2D eigenvalue weighted by Crippen LogP contribution is 2.31. The van der Waals surface area contributed by atoms with Gasteiger partial charge in [0.15, 0.2) is 6.10 Å². The van der Waals surface area contributed by atoms with E-state index in [0.29, 0.717) is 12.1 Å². The second-order valence-electron chi connectivity index (χ2n) is 5.50. The third-order valence-electron chi connectivity index (χ3n) is 3.59. The molecule has 1 saturated heterocycles. The number of carbonyl (C=O) groups is 2. The van der Waals surface area contributed by atoms with Gasteiger partial charge in [-0.3, -0.25) is 4.79 Å². The normalized spacial score (nSPS) is 23.0. The van der Waals surface area contributed by atoms with E-state index in [1.54, 1.807) is 6.92 Å². The molecule has 0 spiro atoms. The largest absolute Gasteiger partial charge is 0.479 e. The third-order valence-corrected chi connectivity index (χ3v) is 3.59. The Bertz CT molecular complexity index is 617. The summed E-state index contributed by atoms with van der Waals surface area (Å²) in [6.07, 6.45) is -8.59. The first-order chi connectivity index (χ1) is 11.1. The molecule has 0 radical (unpaired) electrons. The molecule has 1 aromatic carbocycles. The topological polar surface area (TPSA) is 66.8 Å². The van der Waals surface area contributed by atoms with Crippen molar-refractivity contribution in [3.05, 3.63) is 35.4 Å². The molecule has 0 bridgehead atoms. The zero-order valence-corrected chi connectivity index (χ0v) is 12.6. The Labute approximate surface area is 134 Å². The molecule has 24 heavy (non-hydrogen) atoms. The molecule has 0 aliphatic carbocycles. The van der Waals surface area contributed by atoms with Crippen LogP contribution in [0.1, 0.15) is 24.2 Å². The van der Waals surface area contributed by atoms with Crippen LogP contribution in [0.2, 0.25) is 0 Å². The molecule has 132 valence electrons. The maximum absolute atomic E-state index is 14.3. The number of rotatable bonds is 3. The molecule has 1 aliphatic heterocycles. The fraction of sp³-hybridized carbons (Fsp3) is 0.467. The molecule has 0 aromatic heterocycles. The number of hydrogen-bond donors (Lipinski definition) is 1. The first-order valence-electron chi connectivity index (χ1n) is 7.08. The van der Waals surface area contributed by atoms with Crippen LogP contribution in [0.4, 0.5) is 17.6 Å². The highest BCUT2D eigenvalue weighted by Gasteiger charge is 2.36. The number of alkyl halides is 4. The Morgan fingerprint density at radius 3 is 2.33 bits per heavy atom. The number of carbonyl (C=O) groups excluding carboxylic acids is 1. The molecule has 1 amide bonds. The van der Waals surface area contributed by atoms with Crippen molar-refractivity contribution in [2.75, 3.05) is 13.1 Å². The van der Waals surface area contributed by atoms with Gasteiger partial charge in [0.05, 0.1) is 18.2 Å². The minimum atomic E-state index is -4.55. The standard InChI is InChI=1S/C15H15F4NO4/c1-8-6-20(7-11(24-8)14(22)23)13(21)12(16)9-2-4-10(5-3-9)15(17,18)19/h2-5,8,11-12H,6-7H2,1H3,(H,22,23)/t8-,11?,12?/m1/s1. The molecule has 9 heteroatoms. The van der Waals surface area contributed by atoms with Gasteiger partial charge in [-0.15, -0.1) is 0 Å². The summed E-state index contributed by atoms with van der Waals surface area (Å²) in [5.41, 5.74) is -1.17. The van der Waals surface area contributed by atoms with E-state index >= 15 is 0 Å². The summed E-state index contributed by atoms with van der Waals surface area (Å²) < 4.78 is 56.9. The van der Waals surface area contributed by atoms with Crippen molar-refractivity contribution < 1.29 is 37.0 Å². The number of carboxylic acids is 1. The van der Waals surface area contributed by atoms with E-state index in [1.807, 2.05) is 0 Å². The van der Waals surface area contributed by atoms with Crippen LogP contribution < -0.4 is 0 Å². The van der Waals surface area contributed by atoms with Gasteiger partial charge in [0.25, 0.3) is 5.91 Å². The van der Waals surface area contributed by atoms with Gasteiger partial charge in [0, 0.05) is 6.54 Å². The van der Waals surface area contributed by atoms with Crippen LogP contribution in [-0.2, 0) is 20.5 Å². The summed E-state index contributed by atoms with van der Waals surface area (Å²) in [4.78, 5) is 24.2. The summed E-state index contributed by atoms with van der Waals surface area (Å²) in [7, 11) is 0. The summed E-state index contributed by atoms with van der Waals surface area (Å²) in [6, 6.07) is 3.17. The Kier molecular flexibility index (Phi) is 5.12. The van der Waals surface area contributed by atoms with Gasteiger partial charge in [0.2, 0.25) is 6.17 Å². The summed E-state index contributed by atoms with van der Waals surface area (Å²) in [5, 5.41) is 8.95. The van der Waals surface area contributed by atoms with Crippen molar-refractivity contribution in [2.24, 2.45) is 0 Å². The number of halogens is 4. The molecule has 1 heterocycles. The number of carboxylic acid groups (broad SMARTS) is 1. The average Bonchev–Trinajstić information content (AvgIpc) is 2.52. The number of nitrogens with zero attached hydrogens (tertiary/aromatic N) is 1. The summed E-state index contributed by atoms with van der Waals surface area (Å²) >= 11 is 0. The van der Waals surface area contributed by atoms with Gasteiger partial charge >= 0.3 is 12.1 Å². The zero-order valence-electron chi connectivity index (χ0n) is 12.6. The van der Waals surface area contributed by atoms with Crippen LogP contribution in [0.25, 0.3) is 0 Å². The molecular formula is C15H15F4NO4. The quantitative estimate of drug-likeness (QED) is 0.851. The van der Waals surface area contributed by atoms with Crippen LogP contribution in [0.3, 0.4) is 0 Å². The number of benzene rings is 1. The van der Waals surface area contributed by atoms with E-state index in [0.717, 1.165) is 17.0 Å². The second kappa shape index (κ2) is 6.76. The van der Waals surface area contributed by atoms with Gasteiger partial charge in [-0.25, -0.2) is 9.18 Å². The molecule has 2 rings (SSSR count). The molecular weight excluding hydrogens is 334 g/mol. The molecule has 1 aromatic rings. The molecule has 1 N–H and O–H groups in total. The second-order valence-corrected chi connectivity index (χ2v) is 5.50. The van der Waals surface area contributed by atoms with E-state index in [-0.39, 0.29) is 18.7 Å². The maximum Gasteiger partial charge on any atom is 0.416 e. The van der Waals surface area contributed by atoms with Crippen molar-refractivity contribution in [1.29, 1.82) is 0 Å². The van der Waals surface area contributed by atoms with Crippen molar-refractivity contribution in [3.8, 4) is 0 Å². The van der Waals surface area contributed by atoms with Gasteiger partial charge in [0.1, 0.15) is 0 Å². The van der Waals surface area contributed by atoms with E-state index in [1.165, 1.54) is 0 Å². The van der Waals surface area contributed by atoms with Crippen LogP contribution in [0, 0.1) is 0 Å². The van der Waals surface area contributed by atoms with Crippen molar-refractivity contribution in [3.63, 3.8) is 0 Å². The molecule has 5 nitrogen and oxygen atoms in total. The first-order valence-corrected chi connectivity index (χ1v) is 7.08. The van der Waals surface area contributed by atoms with Crippen LogP contribution in [-0.4, -0.2) is 47.2 Å². The van der Waals surface area contributed by atoms with Crippen molar-refractivity contribution >= 4 is 11.9 Å². The van der Waals surface area contributed by atoms with Gasteiger partial charge in [-0.1, -0.05) is 12.1 Å². The number of ether oxygens (including phenoxy) is 1. The van der Waals surface area contributed by atoms with Crippen molar-refractivity contribution in [2.45, 2.75) is 31.5 Å². The van der Waals surface area contributed by atoms with E-state index in [2.05, 4.69) is 0 Å². The maximum atomic E-state index is 14.3. The lowest BCUT2D eigenvalue weighted by atomic mass is 10.1. The van der Waals surface area contributed by atoms with Crippen LogP contribution in [0.15, 0.2) is 24.3 Å². The predicted molar refractivity (Wildman–Crippen MR) is 73.8 cm³/mol. The number of amides is 1. The lowest BCUT2D eigenvalue weighted by Gasteiger charge is -2.35. The molecule has 3 atom stereocenters. The predicted octanol–water partition coefficient (Wildman–Crippen LogP) is 2.42. The van der Waals surface area contributed by atoms with Crippen LogP contribution in [0.5, 0.6) is 0 Å². The fourth-order valence-corrected chi connectivity index (χ4v) is 2.41. The first kappa shape index (κ1) is 18.2. The number of morpholine rings is 1. The SMILES string of the molecule is C[C@@H]1CN(C(=O)C(F)c2ccc(C(F)(F)F)cc2)CC(C(=O)O)O1. The lowest BCUT2D eigenvalue weighted by Crippen LogP contribution is -2.52. The Balaban J connectivity index is 2.12. The molecule has 0 saturated carbocycles. The monoisotopic (exact) mass is 349 g/mol. The third kappa shape index (κ3) is 4.02. The highest BCUT2D eigenvalue weighted by atomic mass is 19.4. The highest BCUT2D eigenvalue weighted by molar-refractivity contribution is 5.83. The van der Waals surface area contributed by atoms with Gasteiger partial charge in [-0.2, -0.15) is 13.2 Å². The summed E-state index contributed by atoms with van der Waals surface area (Å²) in [5.74, 6) is -2.28. The zero-order chi connectivity index (χ0) is 18.1. The molecule has 2 unspecified atom stereocenters. The number of aliphatic carboxylic acids is 1. The van der Waals surface area contributed by atoms with Crippen molar-refractivity contribution in [1.82, 2.24) is 4.90 Å². The Hall–Kier alpha value is -2.16. The minimum absolute atomic E-state index is 0.00364. The van der Waals surface area contributed by atoms with Crippen LogP contribution >= 0.6 is 0 Å². The molecule has 1 aliphatic rings. The minimum Gasteiger partial charge on any atom is -0.479 e. The summed E-state index contributed by atoms with van der Waals surface area (Å²) in [6.45, 7) is 1.23. The van der Waals surface area contributed by atoms with Gasteiger partial charge < -0.3 is 14.7 Å². The van der Waals surface area contributed by atoms with E-state index in [9.17, 15) is 27.2 Å². The molecule has 1 fully saturated rings. The Morgan fingerprint density at radius 1 is 1.25 bits per heavy atom. The fourth-order valence-electron chi connectivity index (χ4n) is 2.41. The average molecular weight is 349 g/mol. The lowest BCUT2D eigenvalue weighted by molar-refractivity contribution is -0.168. The van der Waals surface area contributed by atoms with E-state index in [4.69, 9.17) is 9.84 Å². The van der Waals surface area contributed by atoms with E-state index < -0.39 is 42.0 Å². The van der Waals surface area contributed by atoms with Gasteiger partial charge in [-0.05, 0) is 24.6 Å². The smallest absolute Gasteiger partial charge is 0.416 e. The Morgan fingerprint density at radius 2 is 1.83 bits per heavy atom.